The number of nitrogens with zero attached hydrogens (tertiary/aromatic N) is 1. The maximum Gasteiger partial charge on any atom is 0.246 e. The molecule has 0 saturated heterocycles. The summed E-state index contributed by atoms with van der Waals surface area (Å²) < 4.78 is 0. The lowest BCUT2D eigenvalue weighted by molar-refractivity contribution is -0.147. The van der Waals surface area contributed by atoms with Gasteiger partial charge < -0.3 is 26.6 Å². The predicted octanol–water partition coefficient (Wildman–Crippen LogP) is 2.47. The Bertz CT molecular complexity index is 1170. The van der Waals surface area contributed by atoms with E-state index in [1.165, 1.54) is 5.56 Å². The van der Waals surface area contributed by atoms with Crippen LogP contribution < -0.4 is 21.7 Å². The minimum absolute atomic E-state index is 0.0871. The van der Waals surface area contributed by atoms with E-state index in [1.807, 2.05) is 51.1 Å². The van der Waals surface area contributed by atoms with Crippen LogP contribution in [-0.2, 0) is 33.8 Å². The van der Waals surface area contributed by atoms with Gasteiger partial charge in [-0.25, -0.2) is 0 Å². The zero-order chi connectivity index (χ0) is 26.7. The lowest BCUT2D eigenvalue weighted by Gasteiger charge is -2.41. The number of carbonyl (C=O) groups excluding carboxylic acids is 3. The van der Waals surface area contributed by atoms with Gasteiger partial charge in [-0.15, -0.1) is 0 Å². The van der Waals surface area contributed by atoms with E-state index >= 15 is 0 Å². The molecule has 3 amide bonds. The number of carbonyl (C=O) groups is 3. The molecule has 2 aromatic carbocycles. The molecule has 198 valence electrons. The summed E-state index contributed by atoms with van der Waals surface area (Å²) in [5.74, 6) is -0.710. The SMILES string of the molecule is CNCC(=O)NC(C(=O)N1Cc2cc(N)ccc2C[C@H]1C(=O)NC1CCCc2ccccc21)C(C)(C)C. The third kappa shape index (κ3) is 5.96. The van der Waals surface area contributed by atoms with E-state index in [-0.39, 0.29) is 36.9 Å². The van der Waals surface area contributed by atoms with Crippen LogP contribution >= 0.6 is 0 Å². The third-order valence-electron chi connectivity index (χ3n) is 7.39. The van der Waals surface area contributed by atoms with Gasteiger partial charge in [-0.1, -0.05) is 51.1 Å². The number of benzene rings is 2. The van der Waals surface area contributed by atoms with Gasteiger partial charge in [0, 0.05) is 18.7 Å². The van der Waals surface area contributed by atoms with Crippen LogP contribution in [-0.4, -0.2) is 48.3 Å². The van der Waals surface area contributed by atoms with E-state index in [0.29, 0.717) is 12.1 Å². The van der Waals surface area contributed by atoms with Gasteiger partial charge in [0.1, 0.15) is 12.1 Å². The molecule has 0 bridgehead atoms. The number of hydrogen-bond donors (Lipinski definition) is 4. The first-order valence-electron chi connectivity index (χ1n) is 13.1. The number of likely N-dealkylation sites (N-methyl/N-ethyl adjacent to an activating group) is 1. The topological polar surface area (TPSA) is 117 Å². The molecule has 8 nitrogen and oxygen atoms in total. The normalized spacial score (nSPS) is 19.8. The number of fused-ring (bicyclic) bond motifs is 2. The van der Waals surface area contributed by atoms with E-state index in [2.05, 4.69) is 28.1 Å². The Morgan fingerprint density at radius 3 is 2.57 bits per heavy atom. The second-order valence-electron chi connectivity index (χ2n) is 11.3. The molecule has 37 heavy (non-hydrogen) atoms. The van der Waals surface area contributed by atoms with Crippen LogP contribution in [0, 0.1) is 5.41 Å². The van der Waals surface area contributed by atoms with Crippen LogP contribution in [0.1, 0.15) is 61.9 Å². The fraction of sp³-hybridized carbons (Fsp3) is 0.483. The second kappa shape index (κ2) is 10.9. The number of aryl methyl sites for hydroxylation is 1. The van der Waals surface area contributed by atoms with Crippen molar-refractivity contribution in [2.75, 3.05) is 19.3 Å². The monoisotopic (exact) mass is 505 g/mol. The first kappa shape index (κ1) is 26.7. The van der Waals surface area contributed by atoms with Crippen LogP contribution in [0.15, 0.2) is 42.5 Å². The highest BCUT2D eigenvalue weighted by atomic mass is 16.2. The van der Waals surface area contributed by atoms with Crippen molar-refractivity contribution in [2.45, 2.75) is 71.1 Å². The van der Waals surface area contributed by atoms with Gasteiger partial charge in [-0.2, -0.15) is 0 Å². The maximum atomic E-state index is 14.1. The lowest BCUT2D eigenvalue weighted by Crippen LogP contribution is -2.61. The van der Waals surface area contributed by atoms with Gasteiger partial charge in [0.25, 0.3) is 0 Å². The molecule has 0 saturated carbocycles. The first-order chi connectivity index (χ1) is 17.6. The Kier molecular flexibility index (Phi) is 7.87. The molecule has 2 aromatic rings. The molecular formula is C29H39N5O3. The predicted molar refractivity (Wildman–Crippen MR) is 144 cm³/mol. The Morgan fingerprint density at radius 1 is 1.08 bits per heavy atom. The molecule has 5 N–H and O–H groups in total. The maximum absolute atomic E-state index is 14.1. The summed E-state index contributed by atoms with van der Waals surface area (Å²) in [6.45, 7) is 6.11. The van der Waals surface area contributed by atoms with Crippen molar-refractivity contribution >= 4 is 23.4 Å². The quantitative estimate of drug-likeness (QED) is 0.450. The second-order valence-corrected chi connectivity index (χ2v) is 11.3. The van der Waals surface area contributed by atoms with Gasteiger partial charge in [0.2, 0.25) is 17.7 Å². The Hall–Kier alpha value is -3.39. The average Bonchev–Trinajstić information content (AvgIpc) is 2.85. The Morgan fingerprint density at radius 2 is 1.84 bits per heavy atom. The van der Waals surface area contributed by atoms with E-state index in [9.17, 15) is 14.4 Å². The van der Waals surface area contributed by atoms with Crippen LogP contribution in [0.4, 0.5) is 5.69 Å². The van der Waals surface area contributed by atoms with Crippen LogP contribution in [0.3, 0.4) is 0 Å². The zero-order valence-electron chi connectivity index (χ0n) is 22.3. The van der Waals surface area contributed by atoms with E-state index in [4.69, 9.17) is 5.73 Å². The van der Waals surface area contributed by atoms with Crippen LogP contribution in [0.2, 0.25) is 0 Å². The molecule has 2 aliphatic rings. The molecule has 1 aliphatic heterocycles. The summed E-state index contributed by atoms with van der Waals surface area (Å²) in [6.07, 6.45) is 3.26. The smallest absolute Gasteiger partial charge is 0.246 e. The number of nitrogen functional groups attached to an aromatic ring is 1. The van der Waals surface area contributed by atoms with Crippen molar-refractivity contribution in [3.63, 3.8) is 0 Å². The summed E-state index contributed by atoms with van der Waals surface area (Å²) in [5.41, 5.74) is 10.4. The van der Waals surface area contributed by atoms with Crippen molar-refractivity contribution in [2.24, 2.45) is 5.41 Å². The Balaban J connectivity index is 1.65. The largest absolute Gasteiger partial charge is 0.399 e. The number of rotatable bonds is 6. The fourth-order valence-electron chi connectivity index (χ4n) is 5.43. The van der Waals surface area contributed by atoms with Crippen molar-refractivity contribution in [3.05, 3.63) is 64.7 Å². The van der Waals surface area contributed by atoms with Crippen molar-refractivity contribution < 1.29 is 14.4 Å². The summed E-state index contributed by atoms with van der Waals surface area (Å²) in [5, 5.41) is 8.98. The number of anilines is 1. The van der Waals surface area contributed by atoms with Crippen LogP contribution in [0.25, 0.3) is 0 Å². The van der Waals surface area contributed by atoms with Gasteiger partial charge in [0.05, 0.1) is 12.6 Å². The summed E-state index contributed by atoms with van der Waals surface area (Å²) in [7, 11) is 1.68. The Labute approximate surface area is 219 Å². The van der Waals surface area contributed by atoms with Crippen molar-refractivity contribution in [3.8, 4) is 0 Å². The molecular weight excluding hydrogens is 466 g/mol. The minimum Gasteiger partial charge on any atom is -0.399 e. The lowest BCUT2D eigenvalue weighted by atomic mass is 9.84. The molecule has 1 aliphatic carbocycles. The average molecular weight is 506 g/mol. The van der Waals surface area contributed by atoms with Gasteiger partial charge >= 0.3 is 0 Å². The first-order valence-corrected chi connectivity index (χ1v) is 13.1. The van der Waals surface area contributed by atoms with Gasteiger partial charge in [-0.3, -0.25) is 14.4 Å². The molecule has 3 atom stereocenters. The van der Waals surface area contributed by atoms with Crippen molar-refractivity contribution in [1.29, 1.82) is 0 Å². The number of nitrogens with one attached hydrogen (secondary N) is 3. The van der Waals surface area contributed by atoms with Crippen molar-refractivity contribution in [1.82, 2.24) is 20.9 Å². The molecule has 0 aromatic heterocycles. The minimum atomic E-state index is -0.790. The summed E-state index contributed by atoms with van der Waals surface area (Å²) in [6, 6.07) is 12.3. The molecule has 0 spiro atoms. The highest BCUT2D eigenvalue weighted by Gasteiger charge is 2.42. The zero-order valence-corrected chi connectivity index (χ0v) is 22.3. The highest BCUT2D eigenvalue weighted by Crippen LogP contribution is 2.32. The molecule has 8 heteroatoms. The van der Waals surface area contributed by atoms with Gasteiger partial charge in [0.15, 0.2) is 0 Å². The van der Waals surface area contributed by atoms with Gasteiger partial charge in [-0.05, 0) is 66.1 Å². The number of amides is 3. The molecule has 1 heterocycles. The third-order valence-corrected chi connectivity index (χ3v) is 7.39. The standard InChI is InChI=1S/C29H39N5O3/c1-29(2,3)26(33-25(35)16-31-4)28(37)34-17-20-14-21(30)13-12-19(20)15-24(34)27(36)32-23-11-7-9-18-8-5-6-10-22(18)23/h5-6,8,10,12-14,23-24,26,31H,7,9,11,15-17,30H2,1-4H3,(H,32,36)(H,33,35)/t23?,24-,26?/m0/s1. The number of hydrogen-bond acceptors (Lipinski definition) is 5. The molecule has 0 radical (unpaired) electrons. The van der Waals surface area contributed by atoms with E-state index in [1.54, 1.807) is 11.9 Å². The highest BCUT2D eigenvalue weighted by molar-refractivity contribution is 5.93. The van der Waals surface area contributed by atoms with E-state index < -0.39 is 17.5 Å². The summed E-state index contributed by atoms with van der Waals surface area (Å²) in [4.78, 5) is 42.0. The number of nitrogens with two attached hydrogens (primary N) is 1. The van der Waals surface area contributed by atoms with Crippen LogP contribution in [0.5, 0.6) is 0 Å². The summed E-state index contributed by atoms with van der Waals surface area (Å²) >= 11 is 0. The van der Waals surface area contributed by atoms with E-state index in [0.717, 1.165) is 36.0 Å². The molecule has 4 rings (SSSR count). The molecule has 2 unspecified atom stereocenters. The molecule has 0 fully saturated rings. The fourth-order valence-corrected chi connectivity index (χ4v) is 5.43.